The Morgan fingerprint density at radius 1 is 1.14 bits per heavy atom. The van der Waals surface area contributed by atoms with Gasteiger partial charge in [-0.05, 0) is 55.8 Å². The van der Waals surface area contributed by atoms with E-state index in [-0.39, 0.29) is 0 Å². The molecule has 0 amide bonds. The normalized spacial score (nSPS) is 11.4. The summed E-state index contributed by atoms with van der Waals surface area (Å²) in [4.78, 5) is 4.48. The number of furan rings is 1. The van der Waals surface area contributed by atoms with Crippen molar-refractivity contribution in [2.75, 3.05) is 6.54 Å². The van der Waals surface area contributed by atoms with Crippen LogP contribution in [0.3, 0.4) is 0 Å². The van der Waals surface area contributed by atoms with Crippen LogP contribution in [0.15, 0.2) is 35.0 Å². The molecule has 0 unspecified atom stereocenters. The summed E-state index contributed by atoms with van der Waals surface area (Å²) in [5, 5.41) is 3.27. The third-order valence-electron chi connectivity index (χ3n) is 3.83. The maximum absolute atomic E-state index is 5.85. The predicted molar refractivity (Wildman–Crippen MR) is 84.4 cm³/mol. The zero-order valence-corrected chi connectivity index (χ0v) is 12.8. The highest BCUT2D eigenvalue weighted by molar-refractivity contribution is 5.77. The van der Waals surface area contributed by atoms with Crippen molar-refractivity contribution in [1.29, 1.82) is 0 Å². The number of rotatable bonds is 5. The molecule has 0 bridgehead atoms. The quantitative estimate of drug-likeness (QED) is 0.780. The van der Waals surface area contributed by atoms with Gasteiger partial charge in [-0.25, -0.2) is 4.98 Å². The molecule has 0 radical (unpaired) electrons. The van der Waals surface area contributed by atoms with Gasteiger partial charge in [-0.15, -0.1) is 0 Å². The first-order chi connectivity index (χ1) is 10.2. The third-order valence-corrected chi connectivity index (χ3v) is 3.83. The van der Waals surface area contributed by atoms with E-state index in [1.54, 1.807) is 0 Å². The van der Waals surface area contributed by atoms with Gasteiger partial charge in [0, 0.05) is 0 Å². The van der Waals surface area contributed by atoms with Crippen LogP contribution < -0.4 is 5.32 Å². The van der Waals surface area contributed by atoms with E-state index in [9.17, 15) is 0 Å². The van der Waals surface area contributed by atoms with Crippen LogP contribution in [0.4, 0.5) is 0 Å². The third kappa shape index (κ3) is 2.85. The molecule has 0 aliphatic rings. The maximum Gasteiger partial charge on any atom is 0.124 e. The average molecular weight is 283 g/mol. The van der Waals surface area contributed by atoms with Crippen LogP contribution in [0.1, 0.15) is 29.6 Å². The van der Waals surface area contributed by atoms with Gasteiger partial charge < -0.3 is 14.3 Å². The Morgan fingerprint density at radius 3 is 2.71 bits per heavy atom. The number of fused-ring (bicyclic) bond motifs is 1. The Balaban J connectivity index is 1.84. The zero-order chi connectivity index (χ0) is 14.8. The van der Waals surface area contributed by atoms with E-state index in [0.717, 1.165) is 35.6 Å². The Labute approximate surface area is 124 Å². The van der Waals surface area contributed by atoms with Crippen LogP contribution in [0.2, 0.25) is 0 Å². The van der Waals surface area contributed by atoms with Crippen molar-refractivity contribution in [1.82, 2.24) is 14.9 Å². The molecule has 0 spiro atoms. The summed E-state index contributed by atoms with van der Waals surface area (Å²) in [6.45, 7) is 8.78. The zero-order valence-electron chi connectivity index (χ0n) is 12.8. The largest absolute Gasteiger partial charge is 0.463 e. The molecule has 0 saturated heterocycles. The van der Waals surface area contributed by atoms with Crippen LogP contribution >= 0.6 is 0 Å². The number of aryl methyl sites for hydroxylation is 2. The summed E-state index contributed by atoms with van der Waals surface area (Å²) in [5.74, 6) is 1.93. The van der Waals surface area contributed by atoms with Gasteiger partial charge in [-0.2, -0.15) is 0 Å². The standard InChI is InChI=1S/C17H21N3O/c1-4-18-9-14-5-6-15(21-14)10-20-11-19-16-7-12(2)13(3)8-17(16)20/h5-8,11,18H,4,9-10H2,1-3H3. The summed E-state index contributed by atoms with van der Waals surface area (Å²) in [6.07, 6.45) is 1.88. The topological polar surface area (TPSA) is 43.0 Å². The molecular formula is C17H21N3O. The molecule has 3 rings (SSSR count). The molecule has 0 aliphatic heterocycles. The summed E-state index contributed by atoms with van der Waals surface area (Å²) in [5.41, 5.74) is 4.76. The Kier molecular flexibility index (Phi) is 3.80. The molecule has 1 N–H and O–H groups in total. The van der Waals surface area contributed by atoms with Gasteiger partial charge in [0.15, 0.2) is 0 Å². The van der Waals surface area contributed by atoms with Crippen molar-refractivity contribution >= 4 is 11.0 Å². The highest BCUT2D eigenvalue weighted by Gasteiger charge is 2.08. The molecule has 2 aromatic heterocycles. The number of nitrogens with zero attached hydrogens (tertiary/aromatic N) is 2. The lowest BCUT2D eigenvalue weighted by atomic mass is 10.1. The van der Waals surface area contributed by atoms with E-state index in [0.29, 0.717) is 6.54 Å². The minimum Gasteiger partial charge on any atom is -0.463 e. The first-order valence-electron chi connectivity index (χ1n) is 7.37. The van der Waals surface area contributed by atoms with E-state index < -0.39 is 0 Å². The summed E-state index contributed by atoms with van der Waals surface area (Å²) < 4.78 is 7.99. The van der Waals surface area contributed by atoms with Crippen molar-refractivity contribution in [3.8, 4) is 0 Å². The second-order valence-electron chi connectivity index (χ2n) is 5.45. The molecule has 4 nitrogen and oxygen atoms in total. The Morgan fingerprint density at radius 2 is 1.90 bits per heavy atom. The molecule has 0 saturated carbocycles. The van der Waals surface area contributed by atoms with Gasteiger partial charge in [0.25, 0.3) is 0 Å². The van der Waals surface area contributed by atoms with Crippen LogP contribution in [-0.4, -0.2) is 16.1 Å². The molecule has 21 heavy (non-hydrogen) atoms. The van der Waals surface area contributed by atoms with E-state index in [4.69, 9.17) is 4.42 Å². The van der Waals surface area contributed by atoms with E-state index in [1.807, 2.05) is 18.5 Å². The lowest BCUT2D eigenvalue weighted by Gasteiger charge is -2.04. The molecule has 2 heterocycles. The fourth-order valence-electron chi connectivity index (χ4n) is 2.46. The number of hydrogen-bond donors (Lipinski definition) is 1. The lowest BCUT2D eigenvalue weighted by molar-refractivity contribution is 0.441. The van der Waals surface area contributed by atoms with E-state index in [1.165, 1.54) is 11.1 Å². The van der Waals surface area contributed by atoms with Crippen molar-refractivity contribution in [3.63, 3.8) is 0 Å². The van der Waals surface area contributed by atoms with Crippen LogP contribution in [0, 0.1) is 13.8 Å². The average Bonchev–Trinajstić information content (AvgIpc) is 3.06. The smallest absolute Gasteiger partial charge is 0.124 e. The van der Waals surface area contributed by atoms with Gasteiger partial charge in [0.2, 0.25) is 0 Å². The molecule has 4 heteroatoms. The number of imidazole rings is 1. The number of benzene rings is 1. The van der Waals surface area contributed by atoms with Crippen molar-refractivity contribution in [2.45, 2.75) is 33.9 Å². The first-order valence-corrected chi connectivity index (χ1v) is 7.37. The van der Waals surface area contributed by atoms with Gasteiger partial charge in [0.1, 0.15) is 11.5 Å². The fourth-order valence-corrected chi connectivity index (χ4v) is 2.46. The second kappa shape index (κ2) is 5.74. The summed E-state index contributed by atoms with van der Waals surface area (Å²) in [6, 6.07) is 8.41. The van der Waals surface area contributed by atoms with Crippen molar-refractivity contribution < 1.29 is 4.42 Å². The first kappa shape index (κ1) is 13.9. The van der Waals surface area contributed by atoms with E-state index >= 15 is 0 Å². The molecule has 0 atom stereocenters. The minimum atomic E-state index is 0.713. The molecular weight excluding hydrogens is 262 g/mol. The number of nitrogens with one attached hydrogen (secondary N) is 1. The monoisotopic (exact) mass is 283 g/mol. The second-order valence-corrected chi connectivity index (χ2v) is 5.45. The number of hydrogen-bond acceptors (Lipinski definition) is 3. The molecule has 1 aromatic carbocycles. The van der Waals surface area contributed by atoms with Crippen molar-refractivity contribution in [3.05, 3.63) is 53.2 Å². The van der Waals surface area contributed by atoms with Crippen LogP contribution in [0.25, 0.3) is 11.0 Å². The minimum absolute atomic E-state index is 0.713. The van der Waals surface area contributed by atoms with Crippen LogP contribution in [-0.2, 0) is 13.1 Å². The molecule has 3 aromatic rings. The molecule has 0 fully saturated rings. The summed E-state index contributed by atoms with van der Waals surface area (Å²) in [7, 11) is 0. The number of aromatic nitrogens is 2. The lowest BCUT2D eigenvalue weighted by Crippen LogP contribution is -2.10. The maximum atomic E-state index is 5.85. The van der Waals surface area contributed by atoms with E-state index in [2.05, 4.69) is 47.8 Å². The highest BCUT2D eigenvalue weighted by atomic mass is 16.3. The van der Waals surface area contributed by atoms with Gasteiger partial charge >= 0.3 is 0 Å². The van der Waals surface area contributed by atoms with Gasteiger partial charge in [-0.1, -0.05) is 6.92 Å². The molecule has 0 aliphatic carbocycles. The van der Waals surface area contributed by atoms with Crippen LogP contribution in [0.5, 0.6) is 0 Å². The summed E-state index contributed by atoms with van der Waals surface area (Å²) >= 11 is 0. The van der Waals surface area contributed by atoms with Crippen molar-refractivity contribution in [2.24, 2.45) is 0 Å². The Hall–Kier alpha value is -2.07. The fraction of sp³-hybridized carbons (Fsp3) is 0.353. The SMILES string of the molecule is CCNCc1ccc(Cn2cnc3cc(C)c(C)cc32)o1. The predicted octanol–water partition coefficient (Wildman–Crippen LogP) is 3.40. The molecule has 110 valence electrons. The highest BCUT2D eigenvalue weighted by Crippen LogP contribution is 2.20. The Bertz CT molecular complexity index is 755. The van der Waals surface area contributed by atoms with Gasteiger partial charge in [-0.3, -0.25) is 0 Å². The van der Waals surface area contributed by atoms with Gasteiger partial charge in [0.05, 0.1) is 30.5 Å².